The van der Waals surface area contributed by atoms with Crippen LogP contribution in [0, 0.1) is 5.92 Å². The molecule has 0 spiro atoms. The van der Waals surface area contributed by atoms with Gasteiger partial charge in [-0.05, 0) is 24.5 Å². The van der Waals surface area contributed by atoms with E-state index in [-0.39, 0.29) is 5.92 Å². The molecule has 1 atom stereocenters. The first-order valence-corrected chi connectivity index (χ1v) is 5.12. The van der Waals surface area contributed by atoms with Gasteiger partial charge in [0.1, 0.15) is 0 Å². The average molecular weight is 214 g/mol. The Balaban J connectivity index is 2.84. The molecule has 14 heavy (non-hydrogen) atoms. The van der Waals surface area contributed by atoms with E-state index in [4.69, 9.17) is 11.6 Å². The van der Waals surface area contributed by atoms with E-state index in [0.717, 1.165) is 5.56 Å². The molecular formula is C11H16ClNO. The topological polar surface area (TPSA) is 33.1 Å². The van der Waals surface area contributed by atoms with Crippen LogP contribution in [0.4, 0.5) is 0 Å². The van der Waals surface area contributed by atoms with Gasteiger partial charge >= 0.3 is 0 Å². The molecule has 0 aliphatic heterocycles. The minimum absolute atomic E-state index is 0.201. The van der Waals surface area contributed by atoms with E-state index in [1.54, 1.807) is 12.4 Å². The summed E-state index contributed by atoms with van der Waals surface area (Å²) in [4.78, 5) is 3.91. The van der Waals surface area contributed by atoms with Gasteiger partial charge in [0.05, 0.1) is 10.6 Å². The molecule has 0 amide bonds. The predicted molar refractivity (Wildman–Crippen MR) is 58.4 cm³/mol. The summed E-state index contributed by atoms with van der Waals surface area (Å²) in [5.74, 6) is 0.201. The highest BCUT2D eigenvalue weighted by Gasteiger charge is 2.25. The average Bonchev–Trinajstić information content (AvgIpc) is 2.08. The van der Waals surface area contributed by atoms with Gasteiger partial charge in [-0.15, -0.1) is 0 Å². The summed E-state index contributed by atoms with van der Waals surface area (Å²) in [5.41, 5.74) is 0.228. The van der Waals surface area contributed by atoms with Crippen molar-refractivity contribution in [3.8, 4) is 0 Å². The van der Waals surface area contributed by atoms with E-state index in [2.05, 4.69) is 4.98 Å². The van der Waals surface area contributed by atoms with E-state index in [0.29, 0.717) is 11.4 Å². The number of rotatable bonds is 3. The van der Waals surface area contributed by atoms with Crippen molar-refractivity contribution >= 4 is 11.6 Å². The summed E-state index contributed by atoms with van der Waals surface area (Å²) in [7, 11) is 0. The van der Waals surface area contributed by atoms with Crippen LogP contribution in [0.1, 0.15) is 26.3 Å². The van der Waals surface area contributed by atoms with Crippen molar-refractivity contribution < 1.29 is 5.11 Å². The lowest BCUT2D eigenvalue weighted by molar-refractivity contribution is 0.0140. The normalized spacial score (nSPS) is 15.6. The van der Waals surface area contributed by atoms with Crippen LogP contribution in [0.3, 0.4) is 0 Å². The number of halogens is 1. The molecule has 0 bridgehead atoms. The minimum atomic E-state index is -0.717. The fourth-order valence-corrected chi connectivity index (χ4v) is 1.32. The fraction of sp³-hybridized carbons (Fsp3) is 0.545. The van der Waals surface area contributed by atoms with Gasteiger partial charge in [0.2, 0.25) is 0 Å². The van der Waals surface area contributed by atoms with Crippen LogP contribution < -0.4 is 0 Å². The summed E-state index contributed by atoms with van der Waals surface area (Å²) in [6.07, 6.45) is 3.86. The monoisotopic (exact) mass is 213 g/mol. The van der Waals surface area contributed by atoms with Gasteiger partial charge < -0.3 is 5.11 Å². The third kappa shape index (κ3) is 2.69. The summed E-state index contributed by atoms with van der Waals surface area (Å²) in [5, 5.41) is 10.7. The van der Waals surface area contributed by atoms with Crippen molar-refractivity contribution in [2.24, 2.45) is 5.92 Å². The van der Waals surface area contributed by atoms with Crippen molar-refractivity contribution in [3.63, 3.8) is 0 Å². The quantitative estimate of drug-likeness (QED) is 0.838. The highest BCUT2D eigenvalue weighted by molar-refractivity contribution is 6.31. The highest BCUT2D eigenvalue weighted by atomic mass is 35.5. The Morgan fingerprint density at radius 1 is 1.57 bits per heavy atom. The molecule has 0 saturated carbocycles. The fourth-order valence-electron chi connectivity index (χ4n) is 1.14. The summed E-state index contributed by atoms with van der Waals surface area (Å²) >= 11 is 5.96. The lowest BCUT2D eigenvalue weighted by Gasteiger charge is -2.28. The zero-order valence-electron chi connectivity index (χ0n) is 8.79. The van der Waals surface area contributed by atoms with Gasteiger partial charge in [-0.2, -0.15) is 0 Å². The van der Waals surface area contributed by atoms with E-state index < -0.39 is 5.60 Å². The third-order valence-corrected chi connectivity index (χ3v) is 2.99. The first kappa shape index (κ1) is 11.5. The van der Waals surface area contributed by atoms with Gasteiger partial charge in [0, 0.05) is 18.8 Å². The van der Waals surface area contributed by atoms with Crippen LogP contribution in [0.25, 0.3) is 0 Å². The molecule has 0 aliphatic carbocycles. The zero-order chi connectivity index (χ0) is 10.8. The number of aliphatic hydroxyl groups is 1. The molecule has 0 radical (unpaired) electrons. The minimum Gasteiger partial charge on any atom is -0.390 e. The van der Waals surface area contributed by atoms with Crippen LogP contribution in [-0.4, -0.2) is 15.7 Å². The third-order valence-electron chi connectivity index (χ3n) is 2.65. The second-order valence-corrected chi connectivity index (χ2v) is 4.56. The standard InChI is InChI=1S/C11H16ClNO/c1-8(2)11(3,14)6-9-4-5-13-7-10(9)12/h4-5,7-8,14H,6H2,1-3H3. The Hall–Kier alpha value is -0.600. The second-order valence-electron chi connectivity index (χ2n) is 4.16. The van der Waals surface area contributed by atoms with Crippen LogP contribution in [0.15, 0.2) is 18.5 Å². The second kappa shape index (κ2) is 4.28. The van der Waals surface area contributed by atoms with Crippen molar-refractivity contribution in [3.05, 3.63) is 29.0 Å². The summed E-state index contributed by atoms with van der Waals surface area (Å²) in [6.45, 7) is 5.82. The van der Waals surface area contributed by atoms with E-state index in [9.17, 15) is 5.11 Å². The van der Waals surface area contributed by atoms with Gasteiger partial charge in [-0.1, -0.05) is 25.4 Å². The molecule has 1 rings (SSSR count). The van der Waals surface area contributed by atoms with Crippen LogP contribution in [-0.2, 0) is 6.42 Å². The van der Waals surface area contributed by atoms with Gasteiger partial charge in [-0.25, -0.2) is 0 Å². The smallest absolute Gasteiger partial charge is 0.0683 e. The number of hydrogen-bond donors (Lipinski definition) is 1. The molecule has 1 N–H and O–H groups in total. The lowest BCUT2D eigenvalue weighted by Crippen LogP contribution is -2.33. The first-order valence-electron chi connectivity index (χ1n) is 4.74. The molecule has 78 valence electrons. The summed E-state index contributed by atoms with van der Waals surface area (Å²) < 4.78 is 0. The Labute approximate surface area is 89.9 Å². The van der Waals surface area contributed by atoms with Crippen molar-refractivity contribution in [2.75, 3.05) is 0 Å². The maximum atomic E-state index is 10.1. The Bertz CT molecular complexity index is 310. The number of hydrogen-bond acceptors (Lipinski definition) is 2. The Morgan fingerprint density at radius 2 is 2.21 bits per heavy atom. The molecule has 1 aromatic heterocycles. The van der Waals surface area contributed by atoms with Gasteiger partial charge in [-0.3, -0.25) is 4.98 Å². The SMILES string of the molecule is CC(C)C(C)(O)Cc1ccncc1Cl. The molecule has 0 fully saturated rings. The molecule has 1 unspecified atom stereocenters. The molecule has 2 nitrogen and oxygen atoms in total. The van der Waals surface area contributed by atoms with E-state index in [1.807, 2.05) is 26.8 Å². The zero-order valence-corrected chi connectivity index (χ0v) is 9.54. The first-order chi connectivity index (χ1) is 6.43. The van der Waals surface area contributed by atoms with Crippen molar-refractivity contribution in [1.29, 1.82) is 0 Å². The van der Waals surface area contributed by atoms with Crippen molar-refractivity contribution in [1.82, 2.24) is 4.98 Å². The van der Waals surface area contributed by atoms with Crippen LogP contribution >= 0.6 is 11.6 Å². The maximum Gasteiger partial charge on any atom is 0.0683 e. The van der Waals surface area contributed by atoms with Crippen LogP contribution in [0.2, 0.25) is 5.02 Å². The van der Waals surface area contributed by atoms with E-state index >= 15 is 0 Å². The molecule has 1 aromatic rings. The molecular weight excluding hydrogens is 198 g/mol. The molecule has 0 saturated heterocycles. The highest BCUT2D eigenvalue weighted by Crippen LogP contribution is 2.25. The predicted octanol–water partition coefficient (Wildman–Crippen LogP) is 2.68. The Morgan fingerprint density at radius 3 is 2.71 bits per heavy atom. The lowest BCUT2D eigenvalue weighted by atomic mass is 9.86. The van der Waals surface area contributed by atoms with Gasteiger partial charge in [0.15, 0.2) is 0 Å². The molecule has 1 heterocycles. The number of aromatic nitrogens is 1. The van der Waals surface area contributed by atoms with Crippen molar-refractivity contribution in [2.45, 2.75) is 32.8 Å². The molecule has 3 heteroatoms. The summed E-state index contributed by atoms with van der Waals surface area (Å²) in [6, 6.07) is 1.85. The molecule has 0 aromatic carbocycles. The van der Waals surface area contributed by atoms with Crippen LogP contribution in [0.5, 0.6) is 0 Å². The van der Waals surface area contributed by atoms with E-state index in [1.165, 1.54) is 0 Å². The van der Waals surface area contributed by atoms with Gasteiger partial charge in [0.25, 0.3) is 0 Å². The number of nitrogens with zero attached hydrogens (tertiary/aromatic N) is 1. The maximum absolute atomic E-state index is 10.1. The Kier molecular flexibility index (Phi) is 3.51. The number of pyridine rings is 1. The largest absolute Gasteiger partial charge is 0.390 e. The molecule has 0 aliphatic rings.